The van der Waals surface area contributed by atoms with Crippen LogP contribution in [0.15, 0.2) is 60.7 Å². The van der Waals surface area contributed by atoms with Gasteiger partial charge in [0.1, 0.15) is 0 Å². The van der Waals surface area contributed by atoms with Crippen molar-refractivity contribution in [3.8, 4) is 0 Å². The molecule has 0 amide bonds. The quantitative estimate of drug-likeness (QED) is 0.734. The molecule has 0 bridgehead atoms. The number of para-hydroxylation sites is 2. The van der Waals surface area contributed by atoms with Gasteiger partial charge in [-0.25, -0.2) is 5.01 Å². The lowest BCUT2D eigenvalue weighted by Gasteiger charge is -2.33. The molecule has 0 radical (unpaired) electrons. The minimum Gasteiger partial charge on any atom is -0.275 e. The molecule has 0 aliphatic rings. The number of hydrogen-bond donors (Lipinski definition) is 0. The van der Waals surface area contributed by atoms with Gasteiger partial charge < -0.3 is 0 Å². The summed E-state index contributed by atoms with van der Waals surface area (Å²) in [6, 6.07) is 20.8. The SMILES string of the molecule is CCN(C)N(c1ccccc1)c1ccccc1. The van der Waals surface area contributed by atoms with Gasteiger partial charge >= 0.3 is 0 Å². The summed E-state index contributed by atoms with van der Waals surface area (Å²) in [4.78, 5) is 0. The van der Waals surface area contributed by atoms with E-state index in [0.717, 1.165) is 6.54 Å². The molecule has 0 N–H and O–H groups in total. The zero-order valence-corrected chi connectivity index (χ0v) is 10.4. The zero-order valence-electron chi connectivity index (χ0n) is 10.4. The van der Waals surface area contributed by atoms with Gasteiger partial charge in [-0.2, -0.15) is 0 Å². The van der Waals surface area contributed by atoms with Crippen LogP contribution in [0.25, 0.3) is 0 Å². The number of anilines is 2. The molecule has 17 heavy (non-hydrogen) atoms. The second kappa shape index (κ2) is 5.51. The van der Waals surface area contributed by atoms with Gasteiger partial charge in [-0.15, -0.1) is 0 Å². The van der Waals surface area contributed by atoms with Crippen LogP contribution >= 0.6 is 0 Å². The van der Waals surface area contributed by atoms with Crippen molar-refractivity contribution in [2.75, 3.05) is 18.6 Å². The van der Waals surface area contributed by atoms with Crippen molar-refractivity contribution in [1.29, 1.82) is 0 Å². The predicted molar refractivity (Wildman–Crippen MR) is 73.3 cm³/mol. The second-order valence-corrected chi connectivity index (χ2v) is 3.96. The van der Waals surface area contributed by atoms with E-state index in [4.69, 9.17) is 0 Å². The first kappa shape index (κ1) is 11.7. The van der Waals surface area contributed by atoms with Gasteiger partial charge in [-0.1, -0.05) is 43.3 Å². The molecule has 2 aromatic rings. The fourth-order valence-corrected chi connectivity index (χ4v) is 1.82. The van der Waals surface area contributed by atoms with Crippen molar-refractivity contribution < 1.29 is 0 Å². The highest BCUT2D eigenvalue weighted by atomic mass is 15.6. The van der Waals surface area contributed by atoms with Gasteiger partial charge in [0, 0.05) is 13.6 Å². The van der Waals surface area contributed by atoms with Crippen molar-refractivity contribution in [2.45, 2.75) is 6.92 Å². The van der Waals surface area contributed by atoms with E-state index in [1.165, 1.54) is 11.4 Å². The van der Waals surface area contributed by atoms with Crippen LogP contribution in [0.5, 0.6) is 0 Å². The average molecular weight is 226 g/mol. The van der Waals surface area contributed by atoms with Gasteiger partial charge in [0.05, 0.1) is 11.4 Å². The number of hydrogen-bond acceptors (Lipinski definition) is 2. The molecule has 0 aliphatic carbocycles. The van der Waals surface area contributed by atoms with E-state index in [9.17, 15) is 0 Å². The zero-order chi connectivity index (χ0) is 12.1. The van der Waals surface area contributed by atoms with Crippen LogP contribution in [0.4, 0.5) is 11.4 Å². The second-order valence-electron chi connectivity index (χ2n) is 3.96. The standard InChI is InChI=1S/C15H18N2/c1-3-16(2)17(14-10-6-4-7-11-14)15-12-8-5-9-13-15/h4-13H,3H2,1-2H3. The molecular formula is C15H18N2. The Morgan fingerprint density at radius 2 is 1.18 bits per heavy atom. The lowest BCUT2D eigenvalue weighted by Crippen LogP contribution is -2.35. The van der Waals surface area contributed by atoms with Crippen LogP contribution < -0.4 is 5.01 Å². The summed E-state index contributed by atoms with van der Waals surface area (Å²) in [6.45, 7) is 3.11. The van der Waals surface area contributed by atoms with Gasteiger partial charge in [0.2, 0.25) is 0 Å². The molecule has 88 valence electrons. The van der Waals surface area contributed by atoms with E-state index < -0.39 is 0 Å². The molecule has 0 spiro atoms. The summed E-state index contributed by atoms with van der Waals surface area (Å²) in [5.41, 5.74) is 2.37. The average Bonchev–Trinajstić information content (AvgIpc) is 2.41. The summed E-state index contributed by atoms with van der Waals surface area (Å²) in [5.74, 6) is 0. The van der Waals surface area contributed by atoms with Gasteiger partial charge in [-0.3, -0.25) is 5.01 Å². The number of rotatable bonds is 4. The Kier molecular flexibility index (Phi) is 3.78. The van der Waals surface area contributed by atoms with E-state index >= 15 is 0 Å². The van der Waals surface area contributed by atoms with Crippen molar-refractivity contribution in [3.63, 3.8) is 0 Å². The minimum atomic E-state index is 0.962. The Balaban J connectivity index is 2.39. The highest BCUT2D eigenvalue weighted by molar-refractivity contribution is 5.61. The molecule has 2 aromatic carbocycles. The Bertz CT molecular complexity index is 399. The van der Waals surface area contributed by atoms with Gasteiger partial charge in [0.15, 0.2) is 0 Å². The lowest BCUT2D eigenvalue weighted by atomic mass is 10.2. The summed E-state index contributed by atoms with van der Waals surface area (Å²) in [5, 5.41) is 4.42. The topological polar surface area (TPSA) is 6.48 Å². The summed E-state index contributed by atoms with van der Waals surface area (Å²) in [6.07, 6.45) is 0. The maximum atomic E-state index is 2.22. The van der Waals surface area contributed by atoms with E-state index in [2.05, 4.69) is 72.5 Å². The summed E-state index contributed by atoms with van der Waals surface area (Å²) in [7, 11) is 2.10. The molecule has 0 aromatic heterocycles. The van der Waals surface area contributed by atoms with E-state index in [1.54, 1.807) is 0 Å². The van der Waals surface area contributed by atoms with Crippen molar-refractivity contribution in [3.05, 3.63) is 60.7 Å². The van der Waals surface area contributed by atoms with Crippen LogP contribution in [0, 0.1) is 0 Å². The highest BCUT2D eigenvalue weighted by Crippen LogP contribution is 2.25. The van der Waals surface area contributed by atoms with Gasteiger partial charge in [-0.05, 0) is 24.3 Å². The third kappa shape index (κ3) is 2.66. The van der Waals surface area contributed by atoms with Crippen LogP contribution in [0.1, 0.15) is 6.92 Å². The van der Waals surface area contributed by atoms with Crippen molar-refractivity contribution >= 4 is 11.4 Å². The summed E-state index contributed by atoms with van der Waals surface area (Å²) < 4.78 is 0. The number of nitrogens with zero attached hydrogens (tertiary/aromatic N) is 2. The molecule has 0 unspecified atom stereocenters. The van der Waals surface area contributed by atoms with Gasteiger partial charge in [0.25, 0.3) is 0 Å². The molecule has 0 heterocycles. The van der Waals surface area contributed by atoms with Crippen LogP contribution in [0.2, 0.25) is 0 Å². The van der Waals surface area contributed by atoms with Crippen LogP contribution in [0.3, 0.4) is 0 Å². The molecule has 2 nitrogen and oxygen atoms in total. The fourth-order valence-electron chi connectivity index (χ4n) is 1.82. The molecular weight excluding hydrogens is 208 g/mol. The first-order valence-corrected chi connectivity index (χ1v) is 5.94. The van der Waals surface area contributed by atoms with Crippen molar-refractivity contribution in [2.24, 2.45) is 0 Å². The molecule has 0 saturated heterocycles. The minimum absolute atomic E-state index is 0.962. The maximum Gasteiger partial charge on any atom is 0.0580 e. The smallest absolute Gasteiger partial charge is 0.0580 e. The van der Waals surface area contributed by atoms with Crippen LogP contribution in [-0.4, -0.2) is 18.6 Å². The third-order valence-corrected chi connectivity index (χ3v) is 2.80. The van der Waals surface area contributed by atoms with Crippen molar-refractivity contribution in [1.82, 2.24) is 5.01 Å². The Morgan fingerprint density at radius 3 is 1.53 bits per heavy atom. The van der Waals surface area contributed by atoms with E-state index in [-0.39, 0.29) is 0 Å². The summed E-state index contributed by atoms with van der Waals surface area (Å²) >= 11 is 0. The Morgan fingerprint density at radius 1 is 0.765 bits per heavy atom. The lowest BCUT2D eigenvalue weighted by molar-refractivity contribution is 0.360. The molecule has 2 heteroatoms. The molecule has 0 fully saturated rings. The Hall–Kier alpha value is -1.80. The number of hydrazine groups is 1. The Labute approximate surface area is 103 Å². The normalized spacial score (nSPS) is 10.5. The predicted octanol–water partition coefficient (Wildman–Crippen LogP) is 3.69. The van der Waals surface area contributed by atoms with E-state index in [1.807, 2.05) is 12.1 Å². The molecule has 0 atom stereocenters. The largest absolute Gasteiger partial charge is 0.275 e. The first-order valence-electron chi connectivity index (χ1n) is 5.94. The molecule has 0 aliphatic heterocycles. The molecule has 2 rings (SSSR count). The number of benzene rings is 2. The fraction of sp³-hybridized carbons (Fsp3) is 0.200. The first-order chi connectivity index (χ1) is 8.33. The maximum absolute atomic E-state index is 2.22. The monoisotopic (exact) mass is 226 g/mol. The third-order valence-electron chi connectivity index (χ3n) is 2.80. The molecule has 0 saturated carbocycles. The van der Waals surface area contributed by atoms with Crippen LogP contribution in [-0.2, 0) is 0 Å². The highest BCUT2D eigenvalue weighted by Gasteiger charge is 2.12. The van der Waals surface area contributed by atoms with E-state index in [0.29, 0.717) is 0 Å².